The van der Waals surface area contributed by atoms with Gasteiger partial charge in [0.25, 0.3) is 0 Å². The van der Waals surface area contributed by atoms with E-state index in [0.29, 0.717) is 11.6 Å². The molecule has 0 saturated carbocycles. The van der Waals surface area contributed by atoms with Crippen molar-refractivity contribution in [1.29, 1.82) is 0 Å². The van der Waals surface area contributed by atoms with Gasteiger partial charge in [0, 0.05) is 10.9 Å². The first-order valence-corrected chi connectivity index (χ1v) is 5.33. The Morgan fingerprint density at radius 2 is 2.38 bits per heavy atom. The summed E-state index contributed by atoms with van der Waals surface area (Å²) in [5, 5.41) is 1.92. The van der Waals surface area contributed by atoms with Crippen molar-refractivity contribution >= 4 is 34.5 Å². The highest BCUT2D eigenvalue weighted by Crippen LogP contribution is 2.30. The number of rotatable bonds is 2. The molecule has 5 heteroatoms. The van der Waals surface area contributed by atoms with Crippen molar-refractivity contribution in [2.45, 2.75) is 5.88 Å². The summed E-state index contributed by atoms with van der Waals surface area (Å²) in [5.74, 6) is 1.05. The summed E-state index contributed by atoms with van der Waals surface area (Å²) in [7, 11) is 0. The van der Waals surface area contributed by atoms with Crippen molar-refractivity contribution in [3.05, 3.63) is 27.9 Å². The topological polar surface area (TPSA) is 26.0 Å². The first-order valence-electron chi connectivity index (χ1n) is 3.54. The van der Waals surface area contributed by atoms with Gasteiger partial charge in [-0.25, -0.2) is 4.98 Å². The number of hydrogen-bond acceptors (Lipinski definition) is 3. The van der Waals surface area contributed by atoms with E-state index in [-0.39, 0.29) is 0 Å². The highest BCUT2D eigenvalue weighted by atomic mass is 35.5. The van der Waals surface area contributed by atoms with Crippen LogP contribution in [-0.4, -0.2) is 4.98 Å². The fraction of sp³-hybridized carbons (Fsp3) is 0.125. The van der Waals surface area contributed by atoms with E-state index in [4.69, 9.17) is 27.6 Å². The molecule has 0 bridgehead atoms. The van der Waals surface area contributed by atoms with Gasteiger partial charge in [-0.05, 0) is 6.07 Å². The van der Waals surface area contributed by atoms with E-state index in [0.717, 1.165) is 15.6 Å². The Bertz CT molecular complexity index is 410. The molecule has 68 valence electrons. The lowest BCUT2D eigenvalue weighted by molar-refractivity contribution is 0.571. The Balaban J connectivity index is 2.45. The molecule has 2 nitrogen and oxygen atoms in total. The molecular weight excluding hydrogens is 229 g/mol. The van der Waals surface area contributed by atoms with Crippen molar-refractivity contribution in [2.24, 2.45) is 0 Å². The first kappa shape index (κ1) is 9.06. The van der Waals surface area contributed by atoms with Crippen LogP contribution in [0.15, 0.2) is 22.3 Å². The van der Waals surface area contributed by atoms with E-state index in [1.807, 2.05) is 11.4 Å². The van der Waals surface area contributed by atoms with Crippen molar-refractivity contribution in [3.8, 4) is 11.3 Å². The minimum atomic E-state index is 0.347. The second-order valence-corrected chi connectivity index (χ2v) is 4.21. The molecule has 0 aliphatic carbocycles. The first-order chi connectivity index (χ1) is 6.31. The molecule has 0 fully saturated rings. The second kappa shape index (κ2) is 3.70. The molecule has 0 aliphatic heterocycles. The zero-order valence-electron chi connectivity index (χ0n) is 6.46. The number of nitrogens with zero attached hydrogens (tertiary/aromatic N) is 1. The van der Waals surface area contributed by atoms with Gasteiger partial charge in [0.2, 0.25) is 0 Å². The highest BCUT2D eigenvalue weighted by molar-refractivity contribution is 7.14. The molecule has 0 radical (unpaired) electrons. The summed E-state index contributed by atoms with van der Waals surface area (Å²) < 4.78 is 5.94. The fourth-order valence-corrected chi connectivity index (χ4v) is 2.08. The van der Waals surface area contributed by atoms with Crippen molar-refractivity contribution in [1.82, 2.24) is 4.98 Å². The van der Waals surface area contributed by atoms with Crippen LogP contribution in [0.25, 0.3) is 11.3 Å². The quantitative estimate of drug-likeness (QED) is 0.738. The average molecular weight is 234 g/mol. The number of halogens is 2. The molecule has 2 aromatic rings. The van der Waals surface area contributed by atoms with Crippen molar-refractivity contribution in [2.75, 3.05) is 0 Å². The van der Waals surface area contributed by atoms with Gasteiger partial charge >= 0.3 is 0 Å². The number of alkyl halides is 1. The van der Waals surface area contributed by atoms with E-state index >= 15 is 0 Å². The van der Waals surface area contributed by atoms with Crippen LogP contribution in [-0.2, 0) is 5.88 Å². The maximum atomic E-state index is 5.80. The molecule has 0 atom stereocenters. The highest BCUT2D eigenvalue weighted by Gasteiger charge is 2.10. The fourth-order valence-electron chi connectivity index (χ4n) is 1.03. The normalized spacial score (nSPS) is 10.6. The molecule has 0 spiro atoms. The minimum Gasteiger partial charge on any atom is -0.443 e. The zero-order chi connectivity index (χ0) is 9.26. The third-order valence-electron chi connectivity index (χ3n) is 1.60. The number of aromatic nitrogens is 1. The molecule has 0 N–H and O–H groups in total. The van der Waals surface area contributed by atoms with E-state index in [1.165, 1.54) is 17.7 Å². The molecule has 0 aliphatic rings. The maximum Gasteiger partial charge on any atom is 0.181 e. The van der Waals surface area contributed by atoms with Gasteiger partial charge in [0.1, 0.15) is 5.69 Å². The monoisotopic (exact) mass is 233 g/mol. The SMILES string of the molecule is ClCc1ncoc1-c1csc(Cl)c1. The van der Waals surface area contributed by atoms with E-state index in [9.17, 15) is 0 Å². The Kier molecular flexibility index (Phi) is 2.58. The van der Waals surface area contributed by atoms with Crippen LogP contribution in [0.3, 0.4) is 0 Å². The van der Waals surface area contributed by atoms with Gasteiger partial charge in [0.15, 0.2) is 12.2 Å². The third-order valence-corrected chi connectivity index (χ3v) is 2.94. The zero-order valence-corrected chi connectivity index (χ0v) is 8.79. The van der Waals surface area contributed by atoms with E-state index in [2.05, 4.69) is 4.98 Å². The number of oxazole rings is 1. The van der Waals surface area contributed by atoms with E-state index in [1.54, 1.807) is 0 Å². The Morgan fingerprint density at radius 1 is 1.54 bits per heavy atom. The van der Waals surface area contributed by atoms with Gasteiger partial charge in [-0.1, -0.05) is 11.6 Å². The lowest BCUT2D eigenvalue weighted by atomic mass is 10.2. The molecule has 2 rings (SSSR count). The second-order valence-electron chi connectivity index (χ2n) is 2.40. The Labute approximate surface area is 89.1 Å². The van der Waals surface area contributed by atoms with Crippen LogP contribution in [0.1, 0.15) is 5.69 Å². The number of thiophene rings is 1. The molecule has 13 heavy (non-hydrogen) atoms. The van der Waals surface area contributed by atoms with Crippen LogP contribution < -0.4 is 0 Å². The molecular formula is C8H5Cl2NOS. The summed E-state index contributed by atoms with van der Waals surface area (Å²) >= 11 is 12.9. The van der Waals surface area contributed by atoms with Crippen molar-refractivity contribution in [3.63, 3.8) is 0 Å². The molecule has 0 amide bonds. The Morgan fingerprint density at radius 3 is 3.00 bits per heavy atom. The van der Waals surface area contributed by atoms with Crippen LogP contribution >= 0.6 is 34.5 Å². The van der Waals surface area contributed by atoms with E-state index < -0.39 is 0 Å². The summed E-state index contributed by atoms with van der Waals surface area (Å²) in [5.41, 5.74) is 1.68. The van der Waals surface area contributed by atoms with Crippen LogP contribution in [0.5, 0.6) is 0 Å². The predicted octanol–water partition coefficient (Wildman–Crippen LogP) is 3.80. The van der Waals surface area contributed by atoms with Gasteiger partial charge in [-0.3, -0.25) is 0 Å². The Hall–Kier alpha value is -0.510. The van der Waals surface area contributed by atoms with Crippen LogP contribution in [0, 0.1) is 0 Å². The summed E-state index contributed by atoms with van der Waals surface area (Å²) in [4.78, 5) is 3.98. The standard InChI is InChI=1S/C8H5Cl2NOS/c9-2-6-8(12-4-11-6)5-1-7(10)13-3-5/h1,3-4H,2H2. The molecule has 0 aromatic carbocycles. The van der Waals surface area contributed by atoms with Gasteiger partial charge in [-0.2, -0.15) is 0 Å². The maximum absolute atomic E-state index is 5.80. The summed E-state index contributed by atoms with van der Waals surface area (Å²) in [6.07, 6.45) is 1.39. The lowest BCUT2D eigenvalue weighted by Gasteiger charge is -1.91. The molecule has 0 saturated heterocycles. The van der Waals surface area contributed by atoms with Crippen molar-refractivity contribution < 1.29 is 4.42 Å². The smallest absolute Gasteiger partial charge is 0.181 e. The minimum absolute atomic E-state index is 0.347. The third kappa shape index (κ3) is 1.73. The molecule has 0 unspecified atom stereocenters. The molecule has 2 aromatic heterocycles. The van der Waals surface area contributed by atoms with Crippen LogP contribution in [0.4, 0.5) is 0 Å². The van der Waals surface area contributed by atoms with Gasteiger partial charge in [-0.15, -0.1) is 22.9 Å². The predicted molar refractivity (Wildman–Crippen MR) is 54.4 cm³/mol. The summed E-state index contributed by atoms with van der Waals surface area (Å²) in [6.45, 7) is 0. The van der Waals surface area contributed by atoms with Crippen LogP contribution in [0.2, 0.25) is 4.34 Å². The summed E-state index contributed by atoms with van der Waals surface area (Å²) in [6, 6.07) is 1.84. The number of hydrogen-bond donors (Lipinski definition) is 0. The largest absolute Gasteiger partial charge is 0.443 e. The molecule has 2 heterocycles. The van der Waals surface area contributed by atoms with Gasteiger partial charge in [0.05, 0.1) is 10.2 Å². The van der Waals surface area contributed by atoms with Gasteiger partial charge < -0.3 is 4.42 Å². The lowest BCUT2D eigenvalue weighted by Crippen LogP contribution is -1.79. The average Bonchev–Trinajstić information content (AvgIpc) is 2.71.